The van der Waals surface area contributed by atoms with E-state index in [1.165, 1.54) is 0 Å². The van der Waals surface area contributed by atoms with Crippen LogP contribution in [0.25, 0.3) is 0 Å². The topological polar surface area (TPSA) is 91.6 Å². The number of hydrogen-bond donors (Lipinski definition) is 2. The standard InChI is InChI=1S/C24H28F3N5O2/c1-15-10-20(12-29-23(15)31-8-6-18(7-9-31)24(25,26)27)30-19-4-2-16(3-5-19)13-32-14-17(22(28)34)11-21(32)33/h2-5,10,12,17-18,30H,6-9,11,13-14H2,1H3,(H2,28,34). The van der Waals surface area contributed by atoms with Gasteiger partial charge in [0.2, 0.25) is 11.8 Å². The molecule has 0 aliphatic carbocycles. The Hall–Kier alpha value is -3.30. The zero-order chi connectivity index (χ0) is 24.5. The molecule has 1 atom stereocenters. The van der Waals surface area contributed by atoms with E-state index in [9.17, 15) is 22.8 Å². The number of nitrogens with zero attached hydrogens (tertiary/aromatic N) is 3. The molecule has 0 saturated carbocycles. The highest BCUT2D eigenvalue weighted by Crippen LogP contribution is 2.36. The summed E-state index contributed by atoms with van der Waals surface area (Å²) in [5.41, 5.74) is 8.77. The number of primary amides is 1. The second-order valence-corrected chi connectivity index (χ2v) is 9.07. The largest absolute Gasteiger partial charge is 0.391 e. The molecule has 2 aliphatic rings. The highest BCUT2D eigenvalue weighted by molar-refractivity contribution is 5.88. The van der Waals surface area contributed by atoms with E-state index < -0.39 is 23.9 Å². The van der Waals surface area contributed by atoms with Crippen LogP contribution in [0.1, 0.15) is 30.4 Å². The number of anilines is 3. The molecule has 0 bridgehead atoms. The maximum Gasteiger partial charge on any atom is 0.391 e. The number of halogens is 3. The van der Waals surface area contributed by atoms with Gasteiger partial charge in [-0.2, -0.15) is 13.2 Å². The van der Waals surface area contributed by atoms with Crippen molar-refractivity contribution in [3.05, 3.63) is 47.7 Å². The van der Waals surface area contributed by atoms with Crippen LogP contribution in [-0.4, -0.2) is 47.5 Å². The van der Waals surface area contributed by atoms with Gasteiger partial charge in [-0.25, -0.2) is 4.98 Å². The number of likely N-dealkylation sites (tertiary alicyclic amines) is 1. The van der Waals surface area contributed by atoms with E-state index in [0.717, 1.165) is 22.5 Å². The van der Waals surface area contributed by atoms with Crippen molar-refractivity contribution >= 4 is 29.0 Å². The van der Waals surface area contributed by atoms with Gasteiger partial charge >= 0.3 is 6.18 Å². The predicted octanol–water partition coefficient (Wildman–Crippen LogP) is 3.75. The Kier molecular flexibility index (Phi) is 6.67. The maximum absolute atomic E-state index is 12.9. The third kappa shape index (κ3) is 5.43. The molecule has 2 aromatic rings. The molecule has 2 amide bonds. The zero-order valence-corrected chi connectivity index (χ0v) is 18.9. The van der Waals surface area contributed by atoms with Crippen molar-refractivity contribution in [2.75, 3.05) is 29.9 Å². The summed E-state index contributed by atoms with van der Waals surface area (Å²) < 4.78 is 38.8. The van der Waals surface area contributed by atoms with Gasteiger partial charge in [-0.15, -0.1) is 0 Å². The molecule has 34 heavy (non-hydrogen) atoms. The highest BCUT2D eigenvalue weighted by atomic mass is 19.4. The lowest BCUT2D eigenvalue weighted by atomic mass is 9.96. The molecule has 0 spiro atoms. The van der Waals surface area contributed by atoms with Gasteiger partial charge in [-0.05, 0) is 49.1 Å². The van der Waals surface area contributed by atoms with Crippen molar-refractivity contribution in [2.45, 2.75) is 38.9 Å². The Labute approximate surface area is 196 Å². The lowest BCUT2D eigenvalue weighted by molar-refractivity contribution is -0.179. The van der Waals surface area contributed by atoms with E-state index in [1.54, 1.807) is 11.1 Å². The quantitative estimate of drug-likeness (QED) is 0.664. The summed E-state index contributed by atoms with van der Waals surface area (Å²) in [6, 6.07) is 9.54. The van der Waals surface area contributed by atoms with Crippen LogP contribution in [0.2, 0.25) is 0 Å². The molecule has 2 saturated heterocycles. The zero-order valence-electron chi connectivity index (χ0n) is 18.9. The van der Waals surface area contributed by atoms with Crippen LogP contribution in [0.15, 0.2) is 36.5 Å². The van der Waals surface area contributed by atoms with Gasteiger partial charge in [-0.1, -0.05) is 12.1 Å². The molecular weight excluding hydrogens is 447 g/mol. The van der Waals surface area contributed by atoms with Crippen LogP contribution in [0.3, 0.4) is 0 Å². The Morgan fingerprint density at radius 3 is 2.41 bits per heavy atom. The number of carbonyl (C=O) groups excluding carboxylic acids is 2. The third-order valence-corrected chi connectivity index (χ3v) is 6.54. The van der Waals surface area contributed by atoms with Crippen molar-refractivity contribution < 1.29 is 22.8 Å². The highest BCUT2D eigenvalue weighted by Gasteiger charge is 2.41. The molecule has 1 aromatic heterocycles. The molecule has 0 radical (unpaired) electrons. The fraction of sp³-hybridized carbons (Fsp3) is 0.458. The van der Waals surface area contributed by atoms with E-state index in [-0.39, 0.29) is 25.2 Å². The van der Waals surface area contributed by atoms with Gasteiger partial charge in [0.25, 0.3) is 0 Å². The van der Waals surface area contributed by atoms with Crippen molar-refractivity contribution in [3.8, 4) is 0 Å². The van der Waals surface area contributed by atoms with Crippen LogP contribution in [0.5, 0.6) is 0 Å². The van der Waals surface area contributed by atoms with Gasteiger partial charge in [0.15, 0.2) is 0 Å². The lowest BCUT2D eigenvalue weighted by Crippen LogP contribution is -2.39. The molecule has 2 aliphatic heterocycles. The number of amides is 2. The van der Waals surface area contributed by atoms with Gasteiger partial charge in [0, 0.05) is 38.3 Å². The summed E-state index contributed by atoms with van der Waals surface area (Å²) >= 11 is 0. The Morgan fingerprint density at radius 2 is 1.85 bits per heavy atom. The number of nitrogens with two attached hydrogens (primary N) is 1. The minimum absolute atomic E-state index is 0.0738. The van der Waals surface area contributed by atoms with Crippen LogP contribution >= 0.6 is 0 Å². The van der Waals surface area contributed by atoms with Crippen molar-refractivity contribution in [1.29, 1.82) is 0 Å². The lowest BCUT2D eigenvalue weighted by Gasteiger charge is -2.34. The number of carbonyl (C=O) groups is 2. The predicted molar refractivity (Wildman–Crippen MR) is 122 cm³/mol. The fourth-order valence-electron chi connectivity index (χ4n) is 4.58. The number of piperidine rings is 1. The number of hydrogen-bond acceptors (Lipinski definition) is 5. The summed E-state index contributed by atoms with van der Waals surface area (Å²) in [7, 11) is 0. The van der Waals surface area contributed by atoms with Gasteiger partial charge in [0.05, 0.1) is 23.7 Å². The number of pyridine rings is 1. The van der Waals surface area contributed by atoms with Crippen molar-refractivity contribution in [1.82, 2.24) is 9.88 Å². The average molecular weight is 476 g/mol. The van der Waals surface area contributed by atoms with Crippen LogP contribution in [0.4, 0.5) is 30.4 Å². The second-order valence-electron chi connectivity index (χ2n) is 9.07. The van der Waals surface area contributed by atoms with Gasteiger partial charge < -0.3 is 20.9 Å². The average Bonchev–Trinajstić information content (AvgIpc) is 3.15. The summed E-state index contributed by atoms with van der Waals surface area (Å²) in [5.74, 6) is -1.47. The molecule has 1 aromatic carbocycles. The number of aromatic nitrogens is 1. The Balaban J connectivity index is 1.34. The first kappa shape index (κ1) is 23.8. The van der Waals surface area contributed by atoms with Gasteiger partial charge in [-0.3, -0.25) is 9.59 Å². The number of alkyl halides is 3. The summed E-state index contributed by atoms with van der Waals surface area (Å²) in [6.45, 7) is 3.35. The minimum atomic E-state index is -4.13. The fourth-order valence-corrected chi connectivity index (χ4v) is 4.58. The molecule has 182 valence electrons. The molecule has 3 N–H and O–H groups in total. The second kappa shape index (κ2) is 9.52. The number of benzene rings is 1. The first-order chi connectivity index (χ1) is 16.1. The third-order valence-electron chi connectivity index (χ3n) is 6.54. The normalized spacial score (nSPS) is 19.5. The molecule has 10 heteroatoms. The van der Waals surface area contributed by atoms with Crippen LogP contribution in [0, 0.1) is 18.8 Å². The Bertz CT molecular complexity index is 1050. The first-order valence-corrected chi connectivity index (χ1v) is 11.3. The van der Waals surface area contributed by atoms with Crippen molar-refractivity contribution in [2.24, 2.45) is 17.6 Å². The van der Waals surface area contributed by atoms with E-state index in [2.05, 4.69) is 10.3 Å². The summed E-state index contributed by atoms with van der Waals surface area (Å²) in [5, 5.41) is 3.28. The summed E-state index contributed by atoms with van der Waals surface area (Å²) in [6.07, 6.45) is -2.11. The van der Waals surface area contributed by atoms with E-state index in [4.69, 9.17) is 5.73 Å². The molecule has 3 heterocycles. The number of aryl methyl sites for hydroxylation is 1. The molecular formula is C24H28F3N5O2. The number of rotatable bonds is 6. The molecule has 1 unspecified atom stereocenters. The molecule has 2 fully saturated rings. The van der Waals surface area contributed by atoms with Crippen molar-refractivity contribution in [3.63, 3.8) is 0 Å². The smallest absolute Gasteiger partial charge is 0.369 e. The summed E-state index contributed by atoms with van der Waals surface area (Å²) in [4.78, 5) is 31.5. The number of nitrogens with one attached hydrogen (secondary N) is 1. The van der Waals surface area contributed by atoms with E-state index in [1.807, 2.05) is 42.2 Å². The van der Waals surface area contributed by atoms with E-state index in [0.29, 0.717) is 32.0 Å². The van der Waals surface area contributed by atoms with Gasteiger partial charge in [0.1, 0.15) is 5.82 Å². The first-order valence-electron chi connectivity index (χ1n) is 11.3. The Morgan fingerprint density at radius 1 is 1.18 bits per heavy atom. The SMILES string of the molecule is Cc1cc(Nc2ccc(CN3CC(C(N)=O)CC3=O)cc2)cnc1N1CCC(C(F)(F)F)CC1. The molecule has 7 nitrogen and oxygen atoms in total. The van der Waals surface area contributed by atoms with Crippen LogP contribution < -0.4 is 16.0 Å². The maximum atomic E-state index is 12.9. The monoisotopic (exact) mass is 475 g/mol. The van der Waals surface area contributed by atoms with E-state index >= 15 is 0 Å². The molecule has 4 rings (SSSR count). The van der Waals surface area contributed by atoms with Crippen LogP contribution in [-0.2, 0) is 16.1 Å². The minimum Gasteiger partial charge on any atom is -0.369 e.